The van der Waals surface area contributed by atoms with E-state index in [1.165, 1.54) is 0 Å². The molecule has 2 aromatic rings. The van der Waals surface area contributed by atoms with Gasteiger partial charge in [0.05, 0.1) is 7.11 Å². The Kier molecular flexibility index (Phi) is 3.12. The van der Waals surface area contributed by atoms with Crippen LogP contribution in [0.25, 0.3) is 11.3 Å². The summed E-state index contributed by atoms with van der Waals surface area (Å²) in [5, 5.41) is 0. The second-order valence-corrected chi connectivity index (χ2v) is 3.34. The molecule has 0 aliphatic carbocycles. The number of rotatable bonds is 3. The molecule has 0 unspecified atom stereocenters. The molecule has 2 rings (SSSR count). The lowest BCUT2D eigenvalue weighted by Crippen LogP contribution is -1.98. The molecule has 82 valence electrons. The summed E-state index contributed by atoms with van der Waals surface area (Å²) in [6.07, 6.45) is 5.23. The van der Waals surface area contributed by atoms with Crippen LogP contribution >= 0.6 is 0 Å². The van der Waals surface area contributed by atoms with Gasteiger partial charge in [-0.1, -0.05) is 0 Å². The number of pyridine rings is 2. The second-order valence-electron chi connectivity index (χ2n) is 3.34. The number of aromatic nitrogens is 2. The Morgan fingerprint density at radius 2 is 2.25 bits per heavy atom. The molecule has 0 amide bonds. The Labute approximate surface area is 94.1 Å². The molecule has 0 spiro atoms. The van der Waals surface area contributed by atoms with Crippen molar-refractivity contribution in [3.63, 3.8) is 0 Å². The van der Waals surface area contributed by atoms with Gasteiger partial charge in [-0.05, 0) is 23.8 Å². The molecule has 2 heterocycles. The summed E-state index contributed by atoms with van der Waals surface area (Å²) in [6.45, 7) is 0.468. The van der Waals surface area contributed by atoms with Crippen LogP contribution in [0.3, 0.4) is 0 Å². The van der Waals surface area contributed by atoms with E-state index in [4.69, 9.17) is 10.5 Å². The number of nitrogens with zero attached hydrogens (tertiary/aromatic N) is 2. The van der Waals surface area contributed by atoms with E-state index >= 15 is 0 Å². The van der Waals surface area contributed by atoms with Crippen molar-refractivity contribution in [3.05, 3.63) is 42.4 Å². The first-order valence-corrected chi connectivity index (χ1v) is 4.98. The fraction of sp³-hybridized carbons (Fsp3) is 0.167. The molecule has 0 fully saturated rings. The minimum Gasteiger partial charge on any atom is -0.494 e. The van der Waals surface area contributed by atoms with Gasteiger partial charge in [-0.3, -0.25) is 9.97 Å². The zero-order valence-electron chi connectivity index (χ0n) is 9.05. The molecular weight excluding hydrogens is 202 g/mol. The molecule has 16 heavy (non-hydrogen) atoms. The summed E-state index contributed by atoms with van der Waals surface area (Å²) >= 11 is 0. The zero-order chi connectivity index (χ0) is 11.4. The number of hydrogen-bond acceptors (Lipinski definition) is 4. The Morgan fingerprint density at radius 3 is 3.00 bits per heavy atom. The highest BCUT2D eigenvalue weighted by Crippen LogP contribution is 2.26. The molecular formula is C12H13N3O. The predicted molar refractivity (Wildman–Crippen MR) is 61.9 cm³/mol. The largest absolute Gasteiger partial charge is 0.494 e. The number of hydrogen-bond donors (Lipinski definition) is 1. The standard InChI is InChI=1S/C12H13N3O/c1-16-11-3-2-4-15-12(11)10-5-9(6-13)7-14-8-10/h2-5,7-8H,6,13H2,1H3. The molecule has 0 saturated carbocycles. The highest BCUT2D eigenvalue weighted by Gasteiger charge is 2.06. The molecule has 2 aromatic heterocycles. The van der Waals surface area contributed by atoms with Crippen molar-refractivity contribution in [2.24, 2.45) is 5.73 Å². The smallest absolute Gasteiger partial charge is 0.145 e. The predicted octanol–water partition coefficient (Wildman–Crippen LogP) is 1.61. The maximum Gasteiger partial charge on any atom is 0.145 e. The normalized spacial score (nSPS) is 10.1. The molecule has 4 nitrogen and oxygen atoms in total. The van der Waals surface area contributed by atoms with Crippen LogP contribution in [0.4, 0.5) is 0 Å². The Balaban J connectivity index is 2.49. The third-order valence-corrected chi connectivity index (χ3v) is 2.29. The van der Waals surface area contributed by atoms with Crippen molar-refractivity contribution in [3.8, 4) is 17.0 Å². The first-order valence-electron chi connectivity index (χ1n) is 4.98. The fourth-order valence-corrected chi connectivity index (χ4v) is 1.50. The van der Waals surface area contributed by atoms with Crippen LogP contribution in [0.5, 0.6) is 5.75 Å². The van der Waals surface area contributed by atoms with Crippen LogP contribution in [-0.2, 0) is 6.54 Å². The van der Waals surface area contributed by atoms with Gasteiger partial charge in [0.2, 0.25) is 0 Å². The van der Waals surface area contributed by atoms with Gasteiger partial charge in [0.1, 0.15) is 11.4 Å². The van der Waals surface area contributed by atoms with Crippen LogP contribution in [0.1, 0.15) is 5.56 Å². The van der Waals surface area contributed by atoms with E-state index in [0.29, 0.717) is 6.54 Å². The summed E-state index contributed by atoms with van der Waals surface area (Å²) in [5.41, 5.74) is 8.25. The lowest BCUT2D eigenvalue weighted by atomic mass is 10.1. The minimum absolute atomic E-state index is 0.468. The van der Waals surface area contributed by atoms with Gasteiger partial charge in [0, 0.05) is 30.7 Å². The molecule has 0 radical (unpaired) electrons. The molecule has 0 aromatic carbocycles. The van der Waals surface area contributed by atoms with Gasteiger partial charge >= 0.3 is 0 Å². The average molecular weight is 215 g/mol. The highest BCUT2D eigenvalue weighted by atomic mass is 16.5. The zero-order valence-corrected chi connectivity index (χ0v) is 9.05. The van der Waals surface area contributed by atoms with Crippen molar-refractivity contribution in [1.82, 2.24) is 9.97 Å². The van der Waals surface area contributed by atoms with Crippen molar-refractivity contribution in [2.75, 3.05) is 7.11 Å². The maximum absolute atomic E-state index is 5.58. The third kappa shape index (κ3) is 2.01. The van der Waals surface area contributed by atoms with Crippen molar-refractivity contribution in [2.45, 2.75) is 6.54 Å². The van der Waals surface area contributed by atoms with Gasteiger partial charge in [0.15, 0.2) is 0 Å². The quantitative estimate of drug-likeness (QED) is 0.845. The minimum atomic E-state index is 0.468. The number of methoxy groups -OCH3 is 1. The van der Waals surface area contributed by atoms with Gasteiger partial charge in [-0.2, -0.15) is 0 Å². The maximum atomic E-state index is 5.58. The van der Waals surface area contributed by atoms with E-state index in [1.54, 1.807) is 25.7 Å². The van der Waals surface area contributed by atoms with Gasteiger partial charge in [0.25, 0.3) is 0 Å². The molecule has 2 N–H and O–H groups in total. The van der Waals surface area contributed by atoms with E-state index in [-0.39, 0.29) is 0 Å². The van der Waals surface area contributed by atoms with E-state index in [1.807, 2.05) is 18.2 Å². The molecule has 4 heteroatoms. The van der Waals surface area contributed by atoms with Gasteiger partial charge in [-0.15, -0.1) is 0 Å². The SMILES string of the molecule is COc1cccnc1-c1cncc(CN)c1. The highest BCUT2D eigenvalue weighted by molar-refractivity contribution is 5.65. The van der Waals surface area contributed by atoms with Crippen molar-refractivity contribution in [1.29, 1.82) is 0 Å². The number of nitrogens with two attached hydrogens (primary N) is 1. The lowest BCUT2D eigenvalue weighted by Gasteiger charge is -2.07. The summed E-state index contributed by atoms with van der Waals surface area (Å²) in [6, 6.07) is 5.68. The molecule has 0 aliphatic rings. The van der Waals surface area contributed by atoms with Gasteiger partial charge < -0.3 is 10.5 Å². The summed E-state index contributed by atoms with van der Waals surface area (Å²) < 4.78 is 5.25. The molecule has 0 bridgehead atoms. The van der Waals surface area contributed by atoms with E-state index in [0.717, 1.165) is 22.6 Å². The monoisotopic (exact) mass is 215 g/mol. The molecule has 0 atom stereocenters. The second kappa shape index (κ2) is 4.72. The number of ether oxygens (including phenoxy) is 1. The average Bonchev–Trinajstić information content (AvgIpc) is 2.38. The van der Waals surface area contributed by atoms with Crippen LogP contribution in [0.2, 0.25) is 0 Å². The van der Waals surface area contributed by atoms with Crippen LogP contribution in [-0.4, -0.2) is 17.1 Å². The topological polar surface area (TPSA) is 61.0 Å². The van der Waals surface area contributed by atoms with E-state index < -0.39 is 0 Å². The first-order chi connectivity index (χ1) is 7.85. The van der Waals surface area contributed by atoms with Crippen molar-refractivity contribution < 1.29 is 4.74 Å². The summed E-state index contributed by atoms with van der Waals surface area (Å²) in [7, 11) is 1.63. The Bertz CT molecular complexity index is 485. The van der Waals surface area contributed by atoms with Crippen LogP contribution in [0.15, 0.2) is 36.8 Å². The Morgan fingerprint density at radius 1 is 1.38 bits per heavy atom. The summed E-state index contributed by atoms with van der Waals surface area (Å²) in [4.78, 5) is 8.42. The first kappa shape index (κ1) is 10.6. The van der Waals surface area contributed by atoms with E-state index in [9.17, 15) is 0 Å². The molecule has 0 saturated heterocycles. The van der Waals surface area contributed by atoms with Crippen LogP contribution in [0, 0.1) is 0 Å². The van der Waals surface area contributed by atoms with E-state index in [2.05, 4.69) is 9.97 Å². The Hall–Kier alpha value is -1.94. The van der Waals surface area contributed by atoms with Crippen molar-refractivity contribution >= 4 is 0 Å². The van der Waals surface area contributed by atoms with Gasteiger partial charge in [-0.25, -0.2) is 0 Å². The summed E-state index contributed by atoms with van der Waals surface area (Å²) in [5.74, 6) is 0.735. The fourth-order valence-electron chi connectivity index (χ4n) is 1.50. The van der Waals surface area contributed by atoms with Crippen LogP contribution < -0.4 is 10.5 Å². The third-order valence-electron chi connectivity index (χ3n) is 2.29. The lowest BCUT2D eigenvalue weighted by molar-refractivity contribution is 0.415. The molecule has 0 aliphatic heterocycles.